The van der Waals surface area contributed by atoms with E-state index in [-0.39, 0.29) is 14.6 Å². The maximum atomic E-state index is 13.3. The average Bonchev–Trinajstić information content (AvgIpc) is 2.93. The number of fused-ring (bicyclic) bond motifs is 2. The molecule has 0 saturated carbocycles. The minimum absolute atomic E-state index is 0.0899. The summed E-state index contributed by atoms with van der Waals surface area (Å²) >= 11 is 0. The van der Waals surface area contributed by atoms with Gasteiger partial charge >= 0.3 is 0 Å². The van der Waals surface area contributed by atoms with Crippen molar-refractivity contribution in [2.75, 3.05) is 0 Å². The fraction of sp³-hybridized carbons (Fsp3) is 0.333. The second-order valence-electron chi connectivity index (χ2n) is 12.8. The van der Waals surface area contributed by atoms with Crippen LogP contribution < -0.4 is 43.4 Å². The first-order valence-electron chi connectivity index (χ1n) is 15.4. The second-order valence-corrected chi connectivity index (χ2v) is 19.5. The van der Waals surface area contributed by atoms with Crippen LogP contribution in [0.4, 0.5) is 0 Å². The van der Waals surface area contributed by atoms with E-state index >= 15 is 0 Å². The first-order valence-corrected chi connectivity index (χ1v) is 18.4. The first kappa shape index (κ1) is 30.3. The summed E-state index contributed by atoms with van der Waals surface area (Å²) in [6, 6.07) is 35.5. The SMILES string of the molecule is CC(C)P(c1ccccc1B1c2ccccc2[B-](O)(c2ccccc2P(C(C)C)C(C)C)c2ccccc21)C(C)C. The molecule has 0 radical (unpaired) electrons. The molecule has 0 aromatic heterocycles. The van der Waals surface area contributed by atoms with E-state index < -0.39 is 14.3 Å². The van der Waals surface area contributed by atoms with Crippen molar-refractivity contribution in [3.63, 3.8) is 0 Å². The van der Waals surface area contributed by atoms with Crippen LogP contribution in [-0.4, -0.2) is 40.7 Å². The predicted octanol–water partition coefficient (Wildman–Crippen LogP) is 4.32. The van der Waals surface area contributed by atoms with Gasteiger partial charge in [0.25, 0.3) is 0 Å². The van der Waals surface area contributed by atoms with Gasteiger partial charge in [0.2, 0.25) is 6.71 Å². The van der Waals surface area contributed by atoms with E-state index in [9.17, 15) is 5.02 Å². The Balaban J connectivity index is 1.82. The Kier molecular flexibility index (Phi) is 9.02. The van der Waals surface area contributed by atoms with Gasteiger partial charge in [-0.1, -0.05) is 179 Å². The Labute approximate surface area is 251 Å². The molecule has 1 N–H and O–H groups in total. The van der Waals surface area contributed by atoms with Crippen molar-refractivity contribution in [1.82, 2.24) is 0 Å². The lowest BCUT2D eigenvalue weighted by Gasteiger charge is -2.48. The van der Waals surface area contributed by atoms with Crippen LogP contribution in [0, 0.1) is 0 Å². The summed E-state index contributed by atoms with van der Waals surface area (Å²) in [5.74, 6) is 0. The zero-order valence-corrected chi connectivity index (χ0v) is 27.8. The van der Waals surface area contributed by atoms with Crippen molar-refractivity contribution in [3.8, 4) is 0 Å². The maximum Gasteiger partial charge on any atom is 0.235 e. The third-order valence-electron chi connectivity index (χ3n) is 8.93. The van der Waals surface area contributed by atoms with Crippen LogP contribution in [0.5, 0.6) is 0 Å². The third kappa shape index (κ3) is 5.29. The number of hydrogen-bond donors (Lipinski definition) is 1. The molecular formula is C36H45B2OP2-. The van der Waals surface area contributed by atoms with Crippen molar-refractivity contribution in [2.24, 2.45) is 0 Å². The maximum absolute atomic E-state index is 13.3. The standard InChI is InChI=1S/C36H45B2OP2/c1-25(2)40(26(3)4)35-23-15-11-19-31(35)37-29-17-9-12-20-32(29)38(39,33-21-13-10-18-30(33)37)34-22-14-16-24-36(34)41(27(5)6)28(7)8/h9-28,39H,1-8H3/q-1. The molecule has 1 nitrogen and oxygen atoms in total. The second kappa shape index (κ2) is 12.2. The topological polar surface area (TPSA) is 20.2 Å². The van der Waals surface area contributed by atoms with Crippen molar-refractivity contribution in [1.29, 1.82) is 0 Å². The molecule has 0 atom stereocenters. The highest BCUT2D eigenvalue weighted by atomic mass is 31.1. The van der Waals surface area contributed by atoms with Gasteiger partial charge in [-0.2, -0.15) is 16.4 Å². The largest absolute Gasteiger partial charge is 0.594 e. The average molecular weight is 577 g/mol. The lowest BCUT2D eigenvalue weighted by Crippen LogP contribution is -2.84. The Morgan fingerprint density at radius 1 is 0.463 bits per heavy atom. The van der Waals surface area contributed by atoms with Crippen molar-refractivity contribution in [3.05, 3.63) is 97.1 Å². The molecule has 1 aliphatic heterocycles. The van der Waals surface area contributed by atoms with E-state index in [0.717, 1.165) is 16.4 Å². The van der Waals surface area contributed by atoms with Crippen molar-refractivity contribution < 1.29 is 5.02 Å². The molecule has 4 aromatic carbocycles. The Morgan fingerprint density at radius 3 is 1.27 bits per heavy atom. The number of rotatable bonds is 8. The van der Waals surface area contributed by atoms with E-state index in [2.05, 4.69) is 152 Å². The van der Waals surface area contributed by atoms with Gasteiger partial charge in [0, 0.05) is 0 Å². The van der Waals surface area contributed by atoms with Gasteiger partial charge < -0.3 is 5.02 Å². The zero-order valence-electron chi connectivity index (χ0n) is 26.0. The highest BCUT2D eigenvalue weighted by Crippen LogP contribution is 2.45. The van der Waals surface area contributed by atoms with Gasteiger partial charge in [-0.05, 0) is 27.9 Å². The molecule has 0 unspecified atom stereocenters. The quantitative estimate of drug-likeness (QED) is 0.245. The summed E-state index contributed by atoms with van der Waals surface area (Å²) in [5.41, 5.74) is 9.43. The minimum atomic E-state index is -2.15. The van der Waals surface area contributed by atoms with Gasteiger partial charge in [0.15, 0.2) is 6.35 Å². The van der Waals surface area contributed by atoms with Crippen molar-refractivity contribution >= 4 is 72.3 Å². The third-order valence-corrected chi connectivity index (χ3v) is 15.3. The van der Waals surface area contributed by atoms with E-state index in [1.54, 1.807) is 0 Å². The van der Waals surface area contributed by atoms with Gasteiger partial charge in [-0.15, -0.1) is 10.9 Å². The summed E-state index contributed by atoms with van der Waals surface area (Å²) in [5, 5.41) is 16.2. The molecule has 41 heavy (non-hydrogen) atoms. The van der Waals surface area contributed by atoms with Crippen LogP contribution >= 0.6 is 15.8 Å². The van der Waals surface area contributed by atoms with Crippen LogP contribution in [-0.2, 0) is 0 Å². The van der Waals surface area contributed by atoms with E-state index in [4.69, 9.17) is 0 Å². The Hall–Kier alpha value is -2.17. The molecule has 0 bridgehead atoms. The predicted molar refractivity (Wildman–Crippen MR) is 191 cm³/mol. The normalized spacial score (nSPS) is 14.5. The molecular weight excluding hydrogens is 532 g/mol. The van der Waals surface area contributed by atoms with Crippen LogP contribution in [0.1, 0.15) is 55.4 Å². The summed E-state index contributed by atoms with van der Waals surface area (Å²) in [6.45, 7) is 19.0. The molecule has 4 aromatic rings. The number of hydrogen-bond acceptors (Lipinski definition) is 1. The summed E-state index contributed by atoms with van der Waals surface area (Å²) in [4.78, 5) is 0. The zero-order chi connectivity index (χ0) is 29.5. The molecule has 212 valence electrons. The summed E-state index contributed by atoms with van der Waals surface area (Å²) < 4.78 is 0. The molecule has 1 heterocycles. The van der Waals surface area contributed by atoms with E-state index in [0.29, 0.717) is 22.6 Å². The molecule has 0 amide bonds. The molecule has 0 aliphatic carbocycles. The molecule has 0 spiro atoms. The Bertz CT molecular complexity index is 1450. The molecule has 1 aliphatic rings. The molecule has 0 fully saturated rings. The lowest BCUT2D eigenvalue weighted by molar-refractivity contribution is 0.583. The first-order chi connectivity index (χ1) is 19.6. The van der Waals surface area contributed by atoms with Crippen molar-refractivity contribution in [2.45, 2.75) is 78.0 Å². The van der Waals surface area contributed by atoms with Crippen LogP contribution in [0.25, 0.3) is 0 Å². The van der Waals surface area contributed by atoms with Gasteiger partial charge in [0.05, 0.1) is 0 Å². The fourth-order valence-corrected chi connectivity index (χ4v) is 13.8. The lowest BCUT2D eigenvalue weighted by atomic mass is 9.17. The smallest absolute Gasteiger partial charge is 0.235 e. The summed E-state index contributed by atoms with van der Waals surface area (Å²) in [6.07, 6.45) is -2.15. The van der Waals surface area contributed by atoms with Gasteiger partial charge in [-0.25, -0.2) is 0 Å². The molecule has 0 saturated heterocycles. The van der Waals surface area contributed by atoms with Crippen LogP contribution in [0.3, 0.4) is 0 Å². The summed E-state index contributed by atoms with van der Waals surface area (Å²) in [7, 11) is -0.804. The van der Waals surface area contributed by atoms with Crippen LogP contribution in [0.15, 0.2) is 97.1 Å². The van der Waals surface area contributed by atoms with Gasteiger partial charge in [-0.3, -0.25) is 0 Å². The van der Waals surface area contributed by atoms with Gasteiger partial charge in [0.1, 0.15) is 0 Å². The molecule has 5 heteroatoms. The highest BCUT2D eigenvalue weighted by molar-refractivity contribution is 7.68. The monoisotopic (exact) mass is 577 g/mol. The van der Waals surface area contributed by atoms with Crippen LogP contribution in [0.2, 0.25) is 0 Å². The highest BCUT2D eigenvalue weighted by Gasteiger charge is 2.43. The van der Waals surface area contributed by atoms with E-state index in [1.165, 1.54) is 27.0 Å². The minimum Gasteiger partial charge on any atom is -0.594 e. The molecule has 5 rings (SSSR count). The van der Waals surface area contributed by atoms with E-state index in [1.807, 2.05) is 0 Å². The fourth-order valence-electron chi connectivity index (χ4n) is 7.66. The number of benzene rings is 4. The Morgan fingerprint density at radius 2 is 0.805 bits per heavy atom.